The molecule has 7 heteroatoms. The molecule has 34 heavy (non-hydrogen) atoms. The average Bonchev–Trinajstić information content (AvgIpc) is 2.88. The Hall–Kier alpha value is -4.26. The van der Waals surface area contributed by atoms with E-state index in [1.54, 1.807) is 56.8 Å². The van der Waals surface area contributed by atoms with Crippen LogP contribution in [0.15, 0.2) is 72.9 Å². The van der Waals surface area contributed by atoms with Gasteiger partial charge in [0, 0.05) is 23.3 Å². The summed E-state index contributed by atoms with van der Waals surface area (Å²) in [5.41, 5.74) is 2.44. The Balaban J connectivity index is 1.42. The van der Waals surface area contributed by atoms with Crippen LogP contribution < -0.4 is 24.3 Å². The van der Waals surface area contributed by atoms with Crippen molar-refractivity contribution in [1.29, 1.82) is 0 Å². The summed E-state index contributed by atoms with van der Waals surface area (Å²) in [5.74, 6) is 2.93. The molecule has 1 N–H and O–H groups in total. The number of ether oxygens (including phenoxy) is 4. The van der Waals surface area contributed by atoms with Gasteiger partial charge in [-0.3, -0.25) is 9.78 Å². The number of pyridine rings is 1. The predicted molar refractivity (Wildman–Crippen MR) is 131 cm³/mol. The maximum atomic E-state index is 12.3. The molecule has 4 rings (SSSR count). The van der Waals surface area contributed by atoms with Crippen molar-refractivity contribution in [3.63, 3.8) is 0 Å². The van der Waals surface area contributed by atoms with Crippen molar-refractivity contribution < 1.29 is 23.7 Å². The largest absolute Gasteiger partial charge is 0.493 e. The molecular weight excluding hydrogens is 432 g/mol. The Kier molecular flexibility index (Phi) is 7.13. The first-order chi connectivity index (χ1) is 16.6. The minimum Gasteiger partial charge on any atom is -0.493 e. The molecule has 0 saturated carbocycles. The number of para-hydroxylation sites is 1. The number of aromatic nitrogens is 1. The summed E-state index contributed by atoms with van der Waals surface area (Å²) >= 11 is 0. The Morgan fingerprint density at radius 1 is 0.882 bits per heavy atom. The van der Waals surface area contributed by atoms with Gasteiger partial charge >= 0.3 is 0 Å². The molecule has 0 radical (unpaired) electrons. The normalized spacial score (nSPS) is 10.6. The zero-order valence-corrected chi connectivity index (χ0v) is 19.3. The minimum absolute atomic E-state index is 0.0659. The van der Waals surface area contributed by atoms with E-state index >= 15 is 0 Å². The lowest BCUT2D eigenvalue weighted by Gasteiger charge is -2.13. The van der Waals surface area contributed by atoms with Crippen molar-refractivity contribution in [1.82, 2.24) is 4.98 Å². The number of aryl methyl sites for hydroxylation is 1. The van der Waals surface area contributed by atoms with Crippen molar-refractivity contribution >= 4 is 22.5 Å². The molecule has 0 aliphatic rings. The van der Waals surface area contributed by atoms with Crippen molar-refractivity contribution in [2.75, 3.05) is 26.1 Å². The number of rotatable bonds is 9. The summed E-state index contributed by atoms with van der Waals surface area (Å²) in [5, 5.41) is 3.63. The van der Waals surface area contributed by atoms with Gasteiger partial charge in [0.25, 0.3) is 5.91 Å². The van der Waals surface area contributed by atoms with Gasteiger partial charge in [0.15, 0.2) is 18.1 Å². The number of benzene rings is 3. The second-order valence-corrected chi connectivity index (χ2v) is 7.46. The summed E-state index contributed by atoms with van der Waals surface area (Å²) in [6.07, 6.45) is 2.52. The number of nitrogens with one attached hydrogen (secondary N) is 1. The first-order valence-corrected chi connectivity index (χ1v) is 10.9. The molecule has 0 unspecified atom stereocenters. The third-order valence-corrected chi connectivity index (χ3v) is 5.29. The maximum absolute atomic E-state index is 12.3. The Morgan fingerprint density at radius 2 is 1.62 bits per heavy atom. The summed E-state index contributed by atoms with van der Waals surface area (Å²) in [6.45, 7) is 1.98. The number of carbonyl (C=O) groups excluding carboxylic acids is 1. The fourth-order valence-corrected chi connectivity index (χ4v) is 3.55. The second kappa shape index (κ2) is 10.6. The lowest BCUT2D eigenvalue weighted by atomic mass is 10.1. The van der Waals surface area contributed by atoms with Crippen molar-refractivity contribution in [3.8, 4) is 28.7 Å². The standard InChI is InChI=1S/C27H26N2O5/c1-4-18-7-5-6-8-23(18)33-17-27(30)29-19-9-11-20(12-10-19)34-24-13-14-28-22-16-26(32-3)25(31-2)15-21(22)24/h5-16H,4,17H2,1-3H3,(H,29,30). The van der Waals surface area contributed by atoms with Gasteiger partial charge in [-0.1, -0.05) is 25.1 Å². The van der Waals surface area contributed by atoms with E-state index in [0.29, 0.717) is 28.7 Å². The maximum Gasteiger partial charge on any atom is 0.262 e. The highest BCUT2D eigenvalue weighted by atomic mass is 16.5. The van der Waals surface area contributed by atoms with E-state index in [1.165, 1.54) is 0 Å². The van der Waals surface area contributed by atoms with Gasteiger partial charge < -0.3 is 24.3 Å². The van der Waals surface area contributed by atoms with Crippen LogP contribution in [0.4, 0.5) is 5.69 Å². The lowest BCUT2D eigenvalue weighted by molar-refractivity contribution is -0.118. The number of fused-ring (bicyclic) bond motifs is 1. The zero-order chi connectivity index (χ0) is 23.9. The SMILES string of the molecule is CCc1ccccc1OCC(=O)Nc1ccc(Oc2ccnc3cc(OC)c(OC)cc23)cc1. The Bertz CT molecular complexity index is 1290. The van der Waals surface area contributed by atoms with E-state index < -0.39 is 0 Å². The topological polar surface area (TPSA) is 78.9 Å². The minimum atomic E-state index is -0.235. The van der Waals surface area contributed by atoms with E-state index in [1.807, 2.05) is 37.3 Å². The fraction of sp³-hybridized carbons (Fsp3) is 0.185. The second-order valence-electron chi connectivity index (χ2n) is 7.46. The van der Waals surface area contributed by atoms with Crippen LogP contribution in [0.25, 0.3) is 10.9 Å². The number of hydrogen-bond acceptors (Lipinski definition) is 6. The van der Waals surface area contributed by atoms with E-state index in [0.717, 1.165) is 28.6 Å². The number of methoxy groups -OCH3 is 2. The monoisotopic (exact) mass is 458 g/mol. The number of carbonyl (C=O) groups is 1. The molecule has 7 nitrogen and oxygen atoms in total. The van der Waals surface area contributed by atoms with Crippen LogP contribution in [0.1, 0.15) is 12.5 Å². The quantitative estimate of drug-likeness (QED) is 0.351. The van der Waals surface area contributed by atoms with Gasteiger partial charge in [-0.2, -0.15) is 0 Å². The highest BCUT2D eigenvalue weighted by Gasteiger charge is 2.12. The number of anilines is 1. The molecule has 0 atom stereocenters. The van der Waals surface area contributed by atoms with Crippen molar-refractivity contribution in [3.05, 3.63) is 78.5 Å². The summed E-state index contributed by atoms with van der Waals surface area (Å²) in [6, 6.07) is 20.3. The van der Waals surface area contributed by atoms with Crippen LogP contribution in [0.3, 0.4) is 0 Å². The lowest BCUT2D eigenvalue weighted by Crippen LogP contribution is -2.20. The molecular formula is C27H26N2O5. The van der Waals surface area contributed by atoms with Gasteiger partial charge in [-0.15, -0.1) is 0 Å². The highest BCUT2D eigenvalue weighted by molar-refractivity contribution is 5.92. The Morgan fingerprint density at radius 3 is 2.35 bits per heavy atom. The molecule has 1 heterocycles. The molecule has 0 spiro atoms. The molecule has 0 aliphatic carbocycles. The van der Waals surface area contributed by atoms with Crippen LogP contribution in [-0.4, -0.2) is 31.7 Å². The van der Waals surface area contributed by atoms with Crippen LogP contribution in [-0.2, 0) is 11.2 Å². The molecule has 174 valence electrons. The number of hydrogen-bond donors (Lipinski definition) is 1. The molecule has 4 aromatic rings. The van der Waals surface area contributed by atoms with Crippen LogP contribution in [0, 0.1) is 0 Å². The molecule has 3 aromatic carbocycles. The van der Waals surface area contributed by atoms with Gasteiger partial charge in [0.2, 0.25) is 0 Å². The van der Waals surface area contributed by atoms with Crippen LogP contribution >= 0.6 is 0 Å². The van der Waals surface area contributed by atoms with E-state index in [-0.39, 0.29) is 12.5 Å². The summed E-state index contributed by atoms with van der Waals surface area (Å²) in [7, 11) is 3.17. The van der Waals surface area contributed by atoms with Crippen molar-refractivity contribution in [2.45, 2.75) is 13.3 Å². The first-order valence-electron chi connectivity index (χ1n) is 10.9. The molecule has 0 fully saturated rings. The number of amides is 1. The van der Waals surface area contributed by atoms with E-state index in [2.05, 4.69) is 10.3 Å². The molecule has 0 saturated heterocycles. The van der Waals surface area contributed by atoms with Gasteiger partial charge in [-0.25, -0.2) is 0 Å². The molecule has 1 amide bonds. The van der Waals surface area contributed by atoms with Crippen molar-refractivity contribution in [2.24, 2.45) is 0 Å². The third kappa shape index (κ3) is 5.20. The first kappa shape index (κ1) is 22.9. The smallest absolute Gasteiger partial charge is 0.262 e. The fourth-order valence-electron chi connectivity index (χ4n) is 3.55. The number of nitrogens with zero attached hydrogens (tertiary/aromatic N) is 1. The molecule has 0 aliphatic heterocycles. The Labute approximate surface area is 198 Å². The van der Waals surface area contributed by atoms with Gasteiger partial charge in [0.05, 0.1) is 19.7 Å². The van der Waals surface area contributed by atoms with Gasteiger partial charge in [-0.05, 0) is 54.4 Å². The molecule has 0 bridgehead atoms. The van der Waals surface area contributed by atoms with E-state index in [4.69, 9.17) is 18.9 Å². The zero-order valence-electron chi connectivity index (χ0n) is 19.3. The highest BCUT2D eigenvalue weighted by Crippen LogP contribution is 2.37. The third-order valence-electron chi connectivity index (χ3n) is 5.29. The average molecular weight is 459 g/mol. The summed E-state index contributed by atoms with van der Waals surface area (Å²) < 4.78 is 22.5. The van der Waals surface area contributed by atoms with Crippen LogP contribution in [0.5, 0.6) is 28.7 Å². The molecule has 1 aromatic heterocycles. The summed E-state index contributed by atoms with van der Waals surface area (Å²) in [4.78, 5) is 16.7. The van der Waals surface area contributed by atoms with Gasteiger partial charge in [0.1, 0.15) is 17.2 Å². The van der Waals surface area contributed by atoms with Crippen LogP contribution in [0.2, 0.25) is 0 Å². The van der Waals surface area contributed by atoms with E-state index in [9.17, 15) is 4.79 Å². The predicted octanol–water partition coefficient (Wildman–Crippen LogP) is 5.62.